The summed E-state index contributed by atoms with van der Waals surface area (Å²) in [6.07, 6.45) is 0. The standard InChI is InChI=1S/C14H19N3OS/c1-10(14(2,3)4)16-13(18)17(19)12-7-5-11(9-15)6-8-12/h5-8,10,19H,1-4H3,(H,16,18). The molecule has 1 aromatic carbocycles. The molecule has 1 unspecified atom stereocenters. The van der Waals surface area contributed by atoms with Crippen LogP contribution in [-0.4, -0.2) is 12.1 Å². The highest BCUT2D eigenvalue weighted by Crippen LogP contribution is 2.21. The van der Waals surface area contributed by atoms with Crippen LogP contribution < -0.4 is 9.62 Å². The van der Waals surface area contributed by atoms with Gasteiger partial charge in [0.25, 0.3) is 0 Å². The Morgan fingerprint density at radius 1 is 1.37 bits per heavy atom. The number of benzene rings is 1. The smallest absolute Gasteiger partial charge is 0.332 e. The Morgan fingerprint density at radius 3 is 2.32 bits per heavy atom. The van der Waals surface area contributed by atoms with E-state index in [0.717, 1.165) is 0 Å². The van der Waals surface area contributed by atoms with E-state index in [0.29, 0.717) is 11.3 Å². The molecule has 1 rings (SSSR count). The maximum atomic E-state index is 12.0. The molecule has 0 heterocycles. The Hall–Kier alpha value is -1.67. The molecule has 0 aliphatic rings. The van der Waals surface area contributed by atoms with Crippen LogP contribution in [0.3, 0.4) is 0 Å². The van der Waals surface area contributed by atoms with Crippen LogP contribution >= 0.6 is 12.8 Å². The largest absolute Gasteiger partial charge is 0.334 e. The second kappa shape index (κ2) is 5.98. The summed E-state index contributed by atoms with van der Waals surface area (Å²) < 4.78 is 1.24. The molecule has 0 saturated heterocycles. The highest BCUT2D eigenvalue weighted by molar-refractivity contribution is 7.82. The normalized spacial score (nSPS) is 12.4. The van der Waals surface area contributed by atoms with Gasteiger partial charge in [-0.25, -0.2) is 9.10 Å². The van der Waals surface area contributed by atoms with Crippen molar-refractivity contribution in [1.29, 1.82) is 5.26 Å². The third-order valence-corrected chi connectivity index (χ3v) is 3.48. The molecule has 0 fully saturated rings. The van der Waals surface area contributed by atoms with Gasteiger partial charge in [-0.2, -0.15) is 5.26 Å². The third kappa shape index (κ3) is 4.18. The number of nitrogens with zero attached hydrogens (tertiary/aromatic N) is 2. The van der Waals surface area contributed by atoms with Crippen molar-refractivity contribution in [2.75, 3.05) is 4.31 Å². The maximum absolute atomic E-state index is 12.0. The zero-order valence-electron chi connectivity index (χ0n) is 11.6. The highest BCUT2D eigenvalue weighted by atomic mass is 32.1. The van der Waals surface area contributed by atoms with Crippen LogP contribution in [0, 0.1) is 16.7 Å². The molecular weight excluding hydrogens is 258 g/mol. The van der Waals surface area contributed by atoms with E-state index in [2.05, 4.69) is 38.9 Å². The van der Waals surface area contributed by atoms with Crippen molar-refractivity contribution in [3.05, 3.63) is 29.8 Å². The summed E-state index contributed by atoms with van der Waals surface area (Å²) in [7, 11) is 0. The van der Waals surface area contributed by atoms with Gasteiger partial charge in [0.1, 0.15) is 0 Å². The summed E-state index contributed by atoms with van der Waals surface area (Å²) in [4.78, 5) is 12.0. The molecule has 1 aromatic rings. The summed E-state index contributed by atoms with van der Waals surface area (Å²) in [5.74, 6) is 0. The molecule has 0 saturated carbocycles. The fraction of sp³-hybridized carbons (Fsp3) is 0.429. The molecule has 102 valence electrons. The molecule has 0 aromatic heterocycles. The molecule has 0 radical (unpaired) electrons. The first-order chi connectivity index (χ1) is 8.75. The fourth-order valence-electron chi connectivity index (χ4n) is 1.26. The molecule has 4 nitrogen and oxygen atoms in total. The molecule has 0 aliphatic heterocycles. The quantitative estimate of drug-likeness (QED) is 0.814. The monoisotopic (exact) mass is 277 g/mol. The van der Waals surface area contributed by atoms with Gasteiger partial charge in [-0.05, 0) is 36.6 Å². The number of nitriles is 1. The van der Waals surface area contributed by atoms with E-state index in [1.807, 2.05) is 13.0 Å². The van der Waals surface area contributed by atoms with Crippen molar-refractivity contribution in [1.82, 2.24) is 5.32 Å². The molecule has 0 aliphatic carbocycles. The number of carbonyl (C=O) groups is 1. The summed E-state index contributed by atoms with van der Waals surface area (Å²) in [6.45, 7) is 8.13. The van der Waals surface area contributed by atoms with Crippen molar-refractivity contribution < 1.29 is 4.79 Å². The van der Waals surface area contributed by atoms with Gasteiger partial charge in [0.05, 0.1) is 17.3 Å². The van der Waals surface area contributed by atoms with Crippen molar-refractivity contribution in [2.45, 2.75) is 33.7 Å². The lowest BCUT2D eigenvalue weighted by Gasteiger charge is -2.29. The molecule has 1 N–H and O–H groups in total. The summed E-state index contributed by atoms with van der Waals surface area (Å²) >= 11 is 4.19. The second-order valence-electron chi connectivity index (χ2n) is 5.51. The minimum Gasteiger partial charge on any atom is -0.334 e. The minimum absolute atomic E-state index is 0.0189. The molecule has 5 heteroatoms. The van der Waals surface area contributed by atoms with Crippen LogP contribution in [0.2, 0.25) is 0 Å². The zero-order valence-corrected chi connectivity index (χ0v) is 12.5. The topological polar surface area (TPSA) is 56.1 Å². The van der Waals surface area contributed by atoms with Crippen LogP contribution in [0.4, 0.5) is 10.5 Å². The number of thiol groups is 1. The lowest BCUT2D eigenvalue weighted by molar-refractivity contribution is 0.231. The average Bonchev–Trinajstić information content (AvgIpc) is 2.36. The molecule has 0 bridgehead atoms. The van der Waals surface area contributed by atoms with Gasteiger partial charge >= 0.3 is 6.03 Å². The number of urea groups is 1. The Kier molecular flexibility index (Phi) is 4.84. The average molecular weight is 277 g/mol. The van der Waals surface area contributed by atoms with Crippen molar-refractivity contribution in [2.24, 2.45) is 5.41 Å². The van der Waals surface area contributed by atoms with Gasteiger partial charge in [-0.3, -0.25) is 0 Å². The fourth-order valence-corrected chi connectivity index (χ4v) is 1.45. The molecular formula is C14H19N3OS. The molecule has 19 heavy (non-hydrogen) atoms. The van der Waals surface area contributed by atoms with Crippen LogP contribution in [-0.2, 0) is 0 Å². The number of carbonyl (C=O) groups excluding carboxylic acids is 1. The molecule has 1 atom stereocenters. The van der Waals surface area contributed by atoms with E-state index in [9.17, 15) is 4.79 Å². The number of hydrogen-bond acceptors (Lipinski definition) is 3. The van der Waals surface area contributed by atoms with Gasteiger partial charge in [0.15, 0.2) is 0 Å². The van der Waals surface area contributed by atoms with Gasteiger partial charge in [0, 0.05) is 6.04 Å². The molecule has 0 spiro atoms. The summed E-state index contributed by atoms with van der Waals surface area (Å²) in [6, 6.07) is 8.45. The maximum Gasteiger partial charge on any atom is 0.332 e. The zero-order chi connectivity index (χ0) is 14.6. The van der Waals surface area contributed by atoms with Crippen LogP contribution in [0.1, 0.15) is 33.3 Å². The van der Waals surface area contributed by atoms with Gasteiger partial charge < -0.3 is 5.32 Å². The van der Waals surface area contributed by atoms with Gasteiger partial charge in [-0.1, -0.05) is 33.6 Å². The number of nitrogens with one attached hydrogen (secondary N) is 1. The van der Waals surface area contributed by atoms with E-state index in [4.69, 9.17) is 5.26 Å². The van der Waals surface area contributed by atoms with Crippen LogP contribution in [0.15, 0.2) is 24.3 Å². The van der Waals surface area contributed by atoms with Crippen LogP contribution in [0.25, 0.3) is 0 Å². The van der Waals surface area contributed by atoms with Crippen molar-refractivity contribution in [3.63, 3.8) is 0 Å². The van der Waals surface area contributed by atoms with Crippen LogP contribution in [0.5, 0.6) is 0 Å². The van der Waals surface area contributed by atoms with Crippen molar-refractivity contribution >= 4 is 24.5 Å². The summed E-state index contributed by atoms with van der Waals surface area (Å²) in [5.41, 5.74) is 1.16. The Balaban J connectivity index is 2.74. The first-order valence-corrected chi connectivity index (χ1v) is 6.45. The lowest BCUT2D eigenvalue weighted by Crippen LogP contribution is -2.45. The van der Waals surface area contributed by atoms with Gasteiger partial charge in [-0.15, -0.1) is 0 Å². The number of anilines is 1. The lowest BCUT2D eigenvalue weighted by atomic mass is 9.88. The third-order valence-electron chi connectivity index (χ3n) is 3.07. The van der Waals surface area contributed by atoms with E-state index < -0.39 is 0 Å². The Labute approximate surface area is 120 Å². The number of amides is 2. The number of hydrogen-bond donors (Lipinski definition) is 2. The Bertz CT molecular complexity index is 485. The second-order valence-corrected chi connectivity index (χ2v) is 5.91. The van der Waals surface area contributed by atoms with E-state index >= 15 is 0 Å². The predicted octanol–water partition coefficient (Wildman–Crippen LogP) is 3.35. The minimum atomic E-state index is -0.282. The van der Waals surface area contributed by atoms with E-state index in [1.54, 1.807) is 24.3 Å². The Morgan fingerprint density at radius 2 is 1.89 bits per heavy atom. The van der Waals surface area contributed by atoms with Crippen molar-refractivity contribution in [3.8, 4) is 6.07 Å². The van der Waals surface area contributed by atoms with E-state index in [-0.39, 0.29) is 17.5 Å². The SMILES string of the molecule is CC(NC(=O)N(S)c1ccc(C#N)cc1)C(C)(C)C. The highest BCUT2D eigenvalue weighted by Gasteiger charge is 2.23. The first-order valence-electron chi connectivity index (χ1n) is 6.05. The van der Waals surface area contributed by atoms with Gasteiger partial charge in [0.2, 0.25) is 0 Å². The summed E-state index contributed by atoms with van der Waals surface area (Å²) in [5, 5.41) is 11.6. The van der Waals surface area contributed by atoms with E-state index in [1.165, 1.54) is 4.31 Å². The number of rotatable bonds is 2. The molecule has 2 amide bonds. The first kappa shape index (κ1) is 15.4. The predicted molar refractivity (Wildman–Crippen MR) is 80.1 cm³/mol.